The molecule has 3 aromatic rings. The average molecular weight is 384 g/mol. The highest BCUT2D eigenvalue weighted by Crippen LogP contribution is 2.23. The predicted molar refractivity (Wildman–Crippen MR) is 103 cm³/mol. The number of carbonyl (C=O) groups excluding carboxylic acids is 2. The van der Waals surface area contributed by atoms with E-state index in [1.54, 1.807) is 12.1 Å². The molecule has 0 aliphatic heterocycles. The van der Waals surface area contributed by atoms with E-state index in [0.29, 0.717) is 16.3 Å². The van der Waals surface area contributed by atoms with Crippen molar-refractivity contribution in [3.05, 3.63) is 71.0 Å². The number of rotatable bonds is 5. The van der Waals surface area contributed by atoms with E-state index in [1.807, 2.05) is 44.2 Å². The van der Waals surface area contributed by atoms with Gasteiger partial charge in [-0.05, 0) is 44.2 Å². The molecule has 0 atom stereocenters. The summed E-state index contributed by atoms with van der Waals surface area (Å²) in [4.78, 5) is 24.6. The van der Waals surface area contributed by atoms with Crippen LogP contribution in [0.25, 0.3) is 5.69 Å². The minimum Gasteiger partial charge on any atom is -0.350 e. The molecule has 0 bridgehead atoms. The van der Waals surface area contributed by atoms with Crippen molar-refractivity contribution in [1.29, 1.82) is 0 Å². The van der Waals surface area contributed by atoms with Crippen LogP contribution in [0.1, 0.15) is 34.7 Å². The first-order valence-electron chi connectivity index (χ1n) is 8.33. The lowest BCUT2D eigenvalue weighted by Gasteiger charge is -2.11. The Labute approximate surface area is 161 Å². The van der Waals surface area contributed by atoms with Gasteiger partial charge in [-0.2, -0.15) is 0 Å². The second-order valence-corrected chi connectivity index (χ2v) is 6.57. The Morgan fingerprint density at radius 2 is 1.81 bits per heavy atom. The maximum absolute atomic E-state index is 12.5. The molecular formula is C19H18ClN5O2. The third-order valence-corrected chi connectivity index (χ3v) is 3.97. The van der Waals surface area contributed by atoms with Crippen LogP contribution < -0.4 is 10.6 Å². The largest absolute Gasteiger partial charge is 0.350 e. The molecule has 0 unspecified atom stereocenters. The molecule has 0 aliphatic carbocycles. The van der Waals surface area contributed by atoms with E-state index in [4.69, 9.17) is 11.6 Å². The maximum Gasteiger partial charge on any atom is 0.277 e. The SMILES string of the molecule is CC(C)NC(=O)c1ccc(Cl)c(NC(=O)c2cn(-c3ccccc3)nn2)c1. The van der Waals surface area contributed by atoms with Crippen LogP contribution in [-0.4, -0.2) is 32.9 Å². The number of benzene rings is 2. The highest BCUT2D eigenvalue weighted by Gasteiger charge is 2.15. The quantitative estimate of drug-likeness (QED) is 0.707. The van der Waals surface area contributed by atoms with Crippen LogP contribution in [0.15, 0.2) is 54.7 Å². The van der Waals surface area contributed by atoms with Gasteiger partial charge >= 0.3 is 0 Å². The predicted octanol–water partition coefficient (Wildman–Crippen LogP) is 3.31. The lowest BCUT2D eigenvalue weighted by molar-refractivity contribution is 0.0941. The van der Waals surface area contributed by atoms with E-state index in [1.165, 1.54) is 16.9 Å². The molecule has 0 fully saturated rings. The molecule has 138 valence electrons. The van der Waals surface area contributed by atoms with E-state index < -0.39 is 5.91 Å². The zero-order valence-corrected chi connectivity index (χ0v) is 15.6. The van der Waals surface area contributed by atoms with Crippen molar-refractivity contribution in [2.75, 3.05) is 5.32 Å². The summed E-state index contributed by atoms with van der Waals surface area (Å²) in [6.07, 6.45) is 1.52. The number of nitrogens with zero attached hydrogens (tertiary/aromatic N) is 3. The van der Waals surface area contributed by atoms with E-state index >= 15 is 0 Å². The van der Waals surface area contributed by atoms with Gasteiger partial charge in [0.2, 0.25) is 0 Å². The Balaban J connectivity index is 1.78. The molecule has 0 saturated heterocycles. The van der Waals surface area contributed by atoms with Crippen LogP contribution in [0.5, 0.6) is 0 Å². The summed E-state index contributed by atoms with van der Waals surface area (Å²) in [5.74, 6) is -0.715. The van der Waals surface area contributed by atoms with Crippen LogP contribution in [-0.2, 0) is 0 Å². The Morgan fingerprint density at radius 1 is 1.07 bits per heavy atom. The highest BCUT2D eigenvalue weighted by molar-refractivity contribution is 6.34. The third kappa shape index (κ3) is 4.51. The molecule has 3 rings (SSSR count). The van der Waals surface area contributed by atoms with Gasteiger partial charge in [-0.3, -0.25) is 9.59 Å². The molecule has 2 N–H and O–H groups in total. The molecule has 8 heteroatoms. The van der Waals surface area contributed by atoms with E-state index in [2.05, 4.69) is 20.9 Å². The molecule has 2 amide bonds. The van der Waals surface area contributed by atoms with Gasteiger partial charge in [-0.15, -0.1) is 5.10 Å². The Morgan fingerprint density at radius 3 is 2.52 bits per heavy atom. The standard InChI is InChI=1S/C19H18ClN5O2/c1-12(2)21-18(26)13-8-9-15(20)16(10-13)22-19(27)17-11-25(24-23-17)14-6-4-3-5-7-14/h3-12H,1-2H3,(H,21,26)(H,22,27). The molecule has 0 aliphatic rings. The normalized spacial score (nSPS) is 10.7. The van der Waals surface area contributed by atoms with Gasteiger partial charge in [-0.25, -0.2) is 4.68 Å². The summed E-state index contributed by atoms with van der Waals surface area (Å²) in [6, 6.07) is 14.0. The Bertz CT molecular complexity index is 969. The van der Waals surface area contributed by atoms with Gasteiger partial charge < -0.3 is 10.6 Å². The lowest BCUT2D eigenvalue weighted by atomic mass is 10.1. The van der Waals surface area contributed by atoms with Crippen molar-refractivity contribution >= 4 is 29.1 Å². The van der Waals surface area contributed by atoms with Crippen molar-refractivity contribution in [3.63, 3.8) is 0 Å². The summed E-state index contributed by atoms with van der Waals surface area (Å²) in [6.45, 7) is 3.74. The minimum atomic E-state index is -0.472. The Kier molecular flexibility index (Phi) is 5.52. The van der Waals surface area contributed by atoms with E-state index in [0.717, 1.165) is 5.69 Å². The van der Waals surface area contributed by atoms with Gasteiger partial charge in [0.15, 0.2) is 5.69 Å². The summed E-state index contributed by atoms with van der Waals surface area (Å²) in [5.41, 5.74) is 1.64. The fraction of sp³-hybridized carbons (Fsp3) is 0.158. The fourth-order valence-corrected chi connectivity index (χ4v) is 2.53. The molecule has 0 saturated carbocycles. The maximum atomic E-state index is 12.5. The monoisotopic (exact) mass is 383 g/mol. The summed E-state index contributed by atoms with van der Waals surface area (Å²) < 4.78 is 1.50. The van der Waals surface area contributed by atoms with Gasteiger partial charge in [0.1, 0.15) is 0 Å². The molecule has 2 aromatic carbocycles. The molecule has 1 aromatic heterocycles. The first-order valence-corrected chi connectivity index (χ1v) is 8.71. The van der Waals surface area contributed by atoms with Crippen LogP contribution in [0, 0.1) is 0 Å². The van der Waals surface area contributed by atoms with Gasteiger partial charge in [-0.1, -0.05) is 35.0 Å². The first-order chi connectivity index (χ1) is 12.9. The van der Waals surface area contributed by atoms with Crippen LogP contribution in [0.2, 0.25) is 5.02 Å². The van der Waals surface area contributed by atoms with E-state index in [-0.39, 0.29) is 17.6 Å². The molecule has 1 heterocycles. The van der Waals surface area contributed by atoms with Crippen molar-refractivity contribution < 1.29 is 9.59 Å². The number of carbonyl (C=O) groups is 2. The molecule has 27 heavy (non-hydrogen) atoms. The van der Waals surface area contributed by atoms with Crippen LogP contribution >= 0.6 is 11.6 Å². The third-order valence-electron chi connectivity index (χ3n) is 3.64. The number of halogens is 1. The number of hydrogen-bond acceptors (Lipinski definition) is 4. The fourth-order valence-electron chi connectivity index (χ4n) is 2.37. The highest BCUT2D eigenvalue weighted by atomic mass is 35.5. The van der Waals surface area contributed by atoms with Crippen molar-refractivity contribution in [2.45, 2.75) is 19.9 Å². The number of amides is 2. The molecular weight excluding hydrogens is 366 g/mol. The molecule has 0 radical (unpaired) electrons. The van der Waals surface area contributed by atoms with Gasteiger partial charge in [0.25, 0.3) is 11.8 Å². The smallest absolute Gasteiger partial charge is 0.277 e. The number of hydrogen-bond donors (Lipinski definition) is 2. The first kappa shape index (κ1) is 18.6. The number of aromatic nitrogens is 3. The van der Waals surface area contributed by atoms with Gasteiger partial charge in [0.05, 0.1) is 22.6 Å². The molecule has 7 nitrogen and oxygen atoms in total. The van der Waals surface area contributed by atoms with Crippen molar-refractivity contribution in [1.82, 2.24) is 20.3 Å². The zero-order chi connectivity index (χ0) is 19.4. The van der Waals surface area contributed by atoms with Crippen molar-refractivity contribution in [2.24, 2.45) is 0 Å². The second-order valence-electron chi connectivity index (χ2n) is 6.16. The summed E-state index contributed by atoms with van der Waals surface area (Å²) in [7, 11) is 0. The lowest BCUT2D eigenvalue weighted by Crippen LogP contribution is -2.30. The second kappa shape index (κ2) is 8.01. The summed E-state index contributed by atoms with van der Waals surface area (Å²) in [5, 5.41) is 13.6. The van der Waals surface area contributed by atoms with Crippen LogP contribution in [0.4, 0.5) is 5.69 Å². The Hall–Kier alpha value is -3.19. The number of para-hydroxylation sites is 1. The average Bonchev–Trinajstić information content (AvgIpc) is 3.14. The topological polar surface area (TPSA) is 88.9 Å². The summed E-state index contributed by atoms with van der Waals surface area (Å²) >= 11 is 6.15. The molecule has 0 spiro atoms. The number of nitrogens with one attached hydrogen (secondary N) is 2. The van der Waals surface area contributed by atoms with Crippen LogP contribution in [0.3, 0.4) is 0 Å². The van der Waals surface area contributed by atoms with Crippen molar-refractivity contribution in [3.8, 4) is 5.69 Å². The van der Waals surface area contributed by atoms with Gasteiger partial charge in [0, 0.05) is 11.6 Å². The van der Waals surface area contributed by atoms with E-state index in [9.17, 15) is 9.59 Å². The number of anilines is 1. The minimum absolute atomic E-state index is 0.000699. The zero-order valence-electron chi connectivity index (χ0n) is 14.8.